The molecule has 0 amide bonds. The highest BCUT2D eigenvalue weighted by Gasteiger charge is 2.13. The maximum absolute atomic E-state index is 6.23. The standard InChI is InChI=1S/C26H25ClN2O2/c1-3-8-19-13-14-24(25(17-19)30-2)31-16-7-15-29-23-12-5-4-11-22(23)28-26(29)20-9-6-10-21(27)18-20/h3-6,9-14,17-18H,1,7-8,15-16H2,2H3. The van der Waals surface area contributed by atoms with Gasteiger partial charge in [-0.2, -0.15) is 0 Å². The van der Waals surface area contributed by atoms with Gasteiger partial charge in [0.15, 0.2) is 11.5 Å². The molecule has 0 fully saturated rings. The predicted octanol–water partition coefficient (Wildman–Crippen LogP) is 6.56. The first kappa shape index (κ1) is 21.0. The van der Waals surface area contributed by atoms with Crippen LogP contribution < -0.4 is 9.47 Å². The van der Waals surface area contributed by atoms with Crippen LogP contribution in [0.4, 0.5) is 0 Å². The van der Waals surface area contributed by atoms with E-state index in [1.54, 1.807) is 7.11 Å². The van der Waals surface area contributed by atoms with Gasteiger partial charge in [-0.05, 0) is 54.8 Å². The minimum Gasteiger partial charge on any atom is -0.493 e. The molecule has 5 heteroatoms. The number of aryl methyl sites for hydroxylation is 1. The molecule has 4 aromatic rings. The van der Waals surface area contributed by atoms with Crippen molar-refractivity contribution < 1.29 is 9.47 Å². The summed E-state index contributed by atoms with van der Waals surface area (Å²) in [7, 11) is 1.66. The molecule has 0 N–H and O–H groups in total. The van der Waals surface area contributed by atoms with Crippen LogP contribution in [-0.2, 0) is 13.0 Å². The molecular formula is C26H25ClN2O2. The summed E-state index contributed by atoms with van der Waals surface area (Å²) in [6.45, 7) is 5.13. The Morgan fingerprint density at radius 3 is 2.71 bits per heavy atom. The van der Waals surface area contributed by atoms with Gasteiger partial charge in [-0.1, -0.05) is 48.0 Å². The van der Waals surface area contributed by atoms with Crippen molar-refractivity contribution in [3.63, 3.8) is 0 Å². The van der Waals surface area contributed by atoms with Gasteiger partial charge >= 0.3 is 0 Å². The van der Waals surface area contributed by atoms with Gasteiger partial charge in [0, 0.05) is 17.1 Å². The van der Waals surface area contributed by atoms with Crippen molar-refractivity contribution in [1.29, 1.82) is 0 Å². The van der Waals surface area contributed by atoms with Crippen LogP contribution in [0.2, 0.25) is 5.02 Å². The fourth-order valence-corrected chi connectivity index (χ4v) is 3.87. The van der Waals surface area contributed by atoms with Gasteiger partial charge < -0.3 is 14.0 Å². The second-order valence-corrected chi connectivity index (χ2v) is 7.70. The van der Waals surface area contributed by atoms with Gasteiger partial charge in [0.05, 0.1) is 24.8 Å². The number of aromatic nitrogens is 2. The zero-order valence-corrected chi connectivity index (χ0v) is 18.3. The van der Waals surface area contributed by atoms with E-state index in [9.17, 15) is 0 Å². The molecular weight excluding hydrogens is 408 g/mol. The highest BCUT2D eigenvalue weighted by molar-refractivity contribution is 6.30. The Hall–Kier alpha value is -3.24. The number of ether oxygens (including phenoxy) is 2. The number of nitrogens with zero attached hydrogens (tertiary/aromatic N) is 2. The van der Waals surface area contributed by atoms with Crippen LogP contribution in [0.15, 0.2) is 79.4 Å². The van der Waals surface area contributed by atoms with E-state index in [1.165, 1.54) is 0 Å². The normalized spacial score (nSPS) is 10.9. The van der Waals surface area contributed by atoms with Crippen molar-refractivity contribution in [2.24, 2.45) is 0 Å². The van der Waals surface area contributed by atoms with E-state index < -0.39 is 0 Å². The van der Waals surface area contributed by atoms with E-state index in [-0.39, 0.29) is 0 Å². The van der Waals surface area contributed by atoms with E-state index in [2.05, 4.69) is 17.2 Å². The van der Waals surface area contributed by atoms with Crippen molar-refractivity contribution in [3.8, 4) is 22.9 Å². The largest absolute Gasteiger partial charge is 0.493 e. The summed E-state index contributed by atoms with van der Waals surface area (Å²) in [5.74, 6) is 2.41. The van der Waals surface area contributed by atoms with E-state index in [1.807, 2.05) is 66.7 Å². The molecule has 3 aromatic carbocycles. The average Bonchev–Trinajstić information content (AvgIpc) is 3.16. The van der Waals surface area contributed by atoms with Crippen molar-refractivity contribution >= 4 is 22.6 Å². The number of benzene rings is 3. The summed E-state index contributed by atoms with van der Waals surface area (Å²) >= 11 is 6.23. The molecule has 0 saturated carbocycles. The summed E-state index contributed by atoms with van der Waals surface area (Å²) in [6, 6.07) is 22.0. The van der Waals surface area contributed by atoms with Gasteiger partial charge in [0.25, 0.3) is 0 Å². The third kappa shape index (κ3) is 4.75. The molecule has 0 atom stereocenters. The number of imidazole rings is 1. The van der Waals surface area contributed by atoms with Crippen LogP contribution >= 0.6 is 11.6 Å². The molecule has 0 radical (unpaired) electrons. The molecule has 4 rings (SSSR count). The highest BCUT2D eigenvalue weighted by Crippen LogP contribution is 2.29. The maximum Gasteiger partial charge on any atom is 0.161 e. The molecule has 0 spiro atoms. The zero-order chi connectivity index (χ0) is 21.6. The van der Waals surface area contributed by atoms with Crippen LogP contribution in [0.5, 0.6) is 11.5 Å². The quantitative estimate of drug-likeness (QED) is 0.222. The minimum absolute atomic E-state index is 0.568. The van der Waals surface area contributed by atoms with Gasteiger partial charge in [-0.15, -0.1) is 6.58 Å². The molecule has 0 saturated heterocycles. The molecule has 4 nitrogen and oxygen atoms in total. The molecule has 31 heavy (non-hydrogen) atoms. The van der Waals surface area contributed by atoms with Crippen LogP contribution in [0, 0.1) is 0 Å². The van der Waals surface area contributed by atoms with E-state index in [0.29, 0.717) is 11.6 Å². The summed E-state index contributed by atoms with van der Waals surface area (Å²) in [6.07, 6.45) is 3.50. The lowest BCUT2D eigenvalue weighted by molar-refractivity contribution is 0.283. The average molecular weight is 433 g/mol. The minimum atomic E-state index is 0.568. The van der Waals surface area contributed by atoms with Gasteiger partial charge in [-0.3, -0.25) is 0 Å². The van der Waals surface area contributed by atoms with Crippen LogP contribution in [0.25, 0.3) is 22.4 Å². The number of para-hydroxylation sites is 2. The second-order valence-electron chi connectivity index (χ2n) is 7.27. The van der Waals surface area contributed by atoms with Gasteiger partial charge in [0.1, 0.15) is 5.82 Å². The Morgan fingerprint density at radius 2 is 1.90 bits per heavy atom. The highest BCUT2D eigenvalue weighted by atomic mass is 35.5. The maximum atomic E-state index is 6.23. The van der Waals surface area contributed by atoms with E-state index in [0.717, 1.165) is 58.9 Å². The molecule has 0 aliphatic rings. The second kappa shape index (κ2) is 9.71. The van der Waals surface area contributed by atoms with Crippen molar-refractivity contribution in [2.45, 2.75) is 19.4 Å². The predicted molar refractivity (Wildman–Crippen MR) is 127 cm³/mol. The number of halogens is 1. The van der Waals surface area contributed by atoms with Crippen LogP contribution in [-0.4, -0.2) is 23.3 Å². The first-order valence-corrected chi connectivity index (χ1v) is 10.7. The summed E-state index contributed by atoms with van der Waals surface area (Å²) < 4.78 is 13.8. The Kier molecular flexibility index (Phi) is 6.58. The fourth-order valence-electron chi connectivity index (χ4n) is 3.68. The van der Waals surface area contributed by atoms with Crippen molar-refractivity contribution in [3.05, 3.63) is 90.0 Å². The number of hydrogen-bond donors (Lipinski definition) is 0. The lowest BCUT2D eigenvalue weighted by atomic mass is 10.1. The Balaban J connectivity index is 1.51. The molecule has 1 aromatic heterocycles. The fraction of sp³-hybridized carbons (Fsp3) is 0.192. The number of methoxy groups -OCH3 is 1. The van der Waals surface area contributed by atoms with Crippen molar-refractivity contribution in [2.75, 3.05) is 13.7 Å². The number of allylic oxidation sites excluding steroid dienone is 1. The summed E-state index contributed by atoms with van der Waals surface area (Å²) in [5.41, 5.74) is 4.22. The first-order valence-electron chi connectivity index (χ1n) is 10.3. The smallest absolute Gasteiger partial charge is 0.161 e. The SMILES string of the molecule is C=CCc1ccc(OCCCn2c(-c3cccc(Cl)c3)nc3ccccc32)c(OC)c1. The molecule has 158 valence electrons. The molecule has 0 aliphatic carbocycles. The Labute approximate surface area is 187 Å². The number of fused-ring (bicyclic) bond motifs is 1. The van der Waals surface area contributed by atoms with Crippen LogP contribution in [0.1, 0.15) is 12.0 Å². The summed E-state index contributed by atoms with van der Waals surface area (Å²) in [5, 5.41) is 0.700. The lowest BCUT2D eigenvalue weighted by Gasteiger charge is -2.13. The van der Waals surface area contributed by atoms with E-state index in [4.69, 9.17) is 26.1 Å². The first-order chi connectivity index (χ1) is 15.2. The lowest BCUT2D eigenvalue weighted by Crippen LogP contribution is -2.06. The van der Waals surface area contributed by atoms with Gasteiger partial charge in [0.2, 0.25) is 0 Å². The van der Waals surface area contributed by atoms with E-state index >= 15 is 0 Å². The monoisotopic (exact) mass is 432 g/mol. The molecule has 0 unspecified atom stereocenters. The number of rotatable bonds is 9. The van der Waals surface area contributed by atoms with Gasteiger partial charge in [-0.25, -0.2) is 4.98 Å². The Morgan fingerprint density at radius 1 is 1.03 bits per heavy atom. The number of hydrogen-bond acceptors (Lipinski definition) is 3. The van der Waals surface area contributed by atoms with Crippen LogP contribution in [0.3, 0.4) is 0 Å². The molecule has 0 aliphatic heterocycles. The Bertz CT molecular complexity index is 1200. The topological polar surface area (TPSA) is 36.3 Å². The molecule has 1 heterocycles. The zero-order valence-electron chi connectivity index (χ0n) is 17.6. The van der Waals surface area contributed by atoms with Crippen molar-refractivity contribution in [1.82, 2.24) is 9.55 Å². The summed E-state index contributed by atoms with van der Waals surface area (Å²) in [4.78, 5) is 4.85. The third-order valence-electron chi connectivity index (χ3n) is 5.13. The third-order valence-corrected chi connectivity index (χ3v) is 5.36. The molecule has 0 bridgehead atoms.